The van der Waals surface area contributed by atoms with E-state index < -0.39 is 8.07 Å². The third-order valence-corrected chi connectivity index (χ3v) is 8.58. The Bertz CT molecular complexity index is 962. The van der Waals surface area contributed by atoms with E-state index in [0.29, 0.717) is 0 Å². The SMILES string of the molecule is C[Si](C)(c1ccncc1-c1ccccc1)c1ccncc1-c1ccccn1. The van der Waals surface area contributed by atoms with Crippen molar-refractivity contribution in [3.63, 3.8) is 0 Å². The maximum atomic E-state index is 4.57. The summed E-state index contributed by atoms with van der Waals surface area (Å²) in [5.74, 6) is 0. The maximum Gasteiger partial charge on any atom is 0.114 e. The standard InChI is InChI=1S/C23H21N3Si/c1-27(2,22-11-14-24-16-19(22)18-8-4-3-5-9-18)23-12-15-25-17-20(23)21-10-6-7-13-26-21/h3-17H,1-2H3. The predicted molar refractivity (Wildman–Crippen MR) is 114 cm³/mol. The van der Waals surface area contributed by atoms with Gasteiger partial charge in [-0.25, -0.2) is 0 Å². The number of pyridine rings is 3. The zero-order valence-electron chi connectivity index (χ0n) is 15.5. The van der Waals surface area contributed by atoms with Crippen molar-refractivity contribution in [1.82, 2.24) is 15.0 Å². The van der Waals surface area contributed by atoms with Crippen LogP contribution in [0.2, 0.25) is 13.1 Å². The van der Waals surface area contributed by atoms with Crippen LogP contribution in [0.4, 0.5) is 0 Å². The van der Waals surface area contributed by atoms with E-state index in [2.05, 4.69) is 70.5 Å². The van der Waals surface area contributed by atoms with Crippen LogP contribution in [0.3, 0.4) is 0 Å². The maximum absolute atomic E-state index is 4.57. The van der Waals surface area contributed by atoms with E-state index in [9.17, 15) is 0 Å². The van der Waals surface area contributed by atoms with Gasteiger partial charge in [0.2, 0.25) is 0 Å². The number of aromatic nitrogens is 3. The fourth-order valence-electron chi connectivity index (χ4n) is 3.60. The Balaban J connectivity index is 1.90. The molecule has 0 amide bonds. The summed E-state index contributed by atoms with van der Waals surface area (Å²) in [5.41, 5.74) is 4.50. The highest BCUT2D eigenvalue weighted by Crippen LogP contribution is 2.22. The minimum Gasteiger partial charge on any atom is -0.264 e. The molecule has 3 nitrogen and oxygen atoms in total. The number of hydrogen-bond donors (Lipinski definition) is 0. The Morgan fingerprint density at radius 1 is 0.630 bits per heavy atom. The first-order valence-corrected chi connectivity index (χ1v) is 12.0. The van der Waals surface area contributed by atoms with E-state index in [1.54, 1.807) is 0 Å². The fraction of sp³-hybridized carbons (Fsp3) is 0.0870. The van der Waals surface area contributed by atoms with E-state index in [0.717, 1.165) is 11.3 Å². The quantitative estimate of drug-likeness (QED) is 0.511. The number of nitrogens with zero attached hydrogens (tertiary/aromatic N) is 3. The summed E-state index contributed by atoms with van der Waals surface area (Å²) in [6.07, 6.45) is 9.55. The summed E-state index contributed by atoms with van der Waals surface area (Å²) >= 11 is 0. The van der Waals surface area contributed by atoms with Crippen LogP contribution in [0.5, 0.6) is 0 Å². The number of hydrogen-bond acceptors (Lipinski definition) is 3. The molecule has 0 aliphatic carbocycles. The molecular weight excluding hydrogens is 346 g/mol. The van der Waals surface area contributed by atoms with Crippen LogP contribution in [0, 0.1) is 0 Å². The average Bonchev–Trinajstić information content (AvgIpc) is 2.75. The summed E-state index contributed by atoms with van der Waals surface area (Å²) in [4.78, 5) is 13.4. The third kappa shape index (κ3) is 3.31. The largest absolute Gasteiger partial charge is 0.264 e. The molecule has 27 heavy (non-hydrogen) atoms. The second-order valence-electron chi connectivity index (χ2n) is 7.05. The summed E-state index contributed by atoms with van der Waals surface area (Å²) in [7, 11) is -2.03. The highest BCUT2D eigenvalue weighted by atomic mass is 28.3. The van der Waals surface area contributed by atoms with Gasteiger partial charge in [-0.3, -0.25) is 15.0 Å². The molecule has 132 valence electrons. The molecule has 3 aromatic heterocycles. The van der Waals surface area contributed by atoms with Crippen LogP contribution in [0.1, 0.15) is 0 Å². The van der Waals surface area contributed by atoms with Gasteiger partial charge in [0.05, 0.1) is 5.69 Å². The van der Waals surface area contributed by atoms with Crippen molar-refractivity contribution in [2.24, 2.45) is 0 Å². The second-order valence-corrected chi connectivity index (χ2v) is 11.4. The Hall–Kier alpha value is -3.11. The third-order valence-electron chi connectivity index (χ3n) is 5.01. The van der Waals surface area contributed by atoms with Gasteiger partial charge in [-0.1, -0.05) is 49.5 Å². The van der Waals surface area contributed by atoms with Gasteiger partial charge in [-0.05, 0) is 45.8 Å². The smallest absolute Gasteiger partial charge is 0.114 e. The first-order valence-electron chi connectivity index (χ1n) is 9.04. The molecule has 0 aliphatic heterocycles. The Morgan fingerprint density at radius 2 is 1.26 bits per heavy atom. The monoisotopic (exact) mass is 367 g/mol. The predicted octanol–water partition coefficient (Wildman–Crippen LogP) is 4.03. The minimum absolute atomic E-state index is 0.969. The normalized spacial score (nSPS) is 11.3. The first-order chi connectivity index (χ1) is 13.2. The molecular formula is C23H21N3Si. The van der Waals surface area contributed by atoms with Gasteiger partial charge in [0.15, 0.2) is 0 Å². The first kappa shape index (κ1) is 17.3. The van der Waals surface area contributed by atoms with Crippen LogP contribution < -0.4 is 10.4 Å². The Kier molecular flexibility index (Phi) is 4.65. The van der Waals surface area contributed by atoms with E-state index >= 15 is 0 Å². The van der Waals surface area contributed by atoms with Gasteiger partial charge >= 0.3 is 0 Å². The van der Waals surface area contributed by atoms with Crippen molar-refractivity contribution in [2.45, 2.75) is 13.1 Å². The molecule has 0 radical (unpaired) electrons. The van der Waals surface area contributed by atoms with Gasteiger partial charge < -0.3 is 0 Å². The topological polar surface area (TPSA) is 38.7 Å². The van der Waals surface area contributed by atoms with Crippen LogP contribution >= 0.6 is 0 Å². The Labute approximate surface area is 160 Å². The zero-order valence-corrected chi connectivity index (χ0v) is 16.5. The molecule has 4 aromatic rings. The molecule has 1 aromatic carbocycles. The van der Waals surface area contributed by atoms with Crippen molar-refractivity contribution in [2.75, 3.05) is 0 Å². The van der Waals surface area contributed by atoms with Crippen molar-refractivity contribution >= 4 is 18.4 Å². The van der Waals surface area contributed by atoms with Gasteiger partial charge in [0, 0.05) is 36.5 Å². The number of benzene rings is 1. The van der Waals surface area contributed by atoms with Gasteiger partial charge in [-0.15, -0.1) is 0 Å². The molecule has 0 spiro atoms. The summed E-state index contributed by atoms with van der Waals surface area (Å²) in [5, 5.41) is 2.70. The lowest BCUT2D eigenvalue weighted by Gasteiger charge is -2.28. The van der Waals surface area contributed by atoms with Gasteiger partial charge in [-0.2, -0.15) is 0 Å². The van der Waals surface area contributed by atoms with Crippen molar-refractivity contribution in [1.29, 1.82) is 0 Å². The van der Waals surface area contributed by atoms with Crippen molar-refractivity contribution in [3.8, 4) is 22.4 Å². The summed E-state index contributed by atoms with van der Waals surface area (Å²) in [6, 6.07) is 20.9. The van der Waals surface area contributed by atoms with Crippen LogP contribution in [0.25, 0.3) is 22.4 Å². The van der Waals surface area contributed by atoms with Gasteiger partial charge in [0.1, 0.15) is 8.07 Å². The molecule has 0 saturated carbocycles. The molecule has 4 rings (SSSR count). The Morgan fingerprint density at radius 3 is 1.93 bits per heavy atom. The lowest BCUT2D eigenvalue weighted by Crippen LogP contribution is -2.54. The van der Waals surface area contributed by atoms with Gasteiger partial charge in [0.25, 0.3) is 0 Å². The average molecular weight is 368 g/mol. The summed E-state index contributed by atoms with van der Waals surface area (Å²) < 4.78 is 0. The molecule has 0 fully saturated rings. The molecule has 4 heteroatoms. The van der Waals surface area contributed by atoms with Crippen LogP contribution in [-0.2, 0) is 0 Å². The molecule has 0 atom stereocenters. The molecule has 0 aliphatic rings. The van der Waals surface area contributed by atoms with Crippen LogP contribution in [-0.4, -0.2) is 23.0 Å². The molecule has 0 unspecified atom stereocenters. The van der Waals surface area contributed by atoms with Crippen molar-refractivity contribution < 1.29 is 0 Å². The molecule has 3 heterocycles. The highest BCUT2D eigenvalue weighted by Gasteiger charge is 2.31. The van der Waals surface area contributed by atoms with E-state index in [4.69, 9.17) is 0 Å². The fourth-order valence-corrected chi connectivity index (χ4v) is 6.62. The second kappa shape index (κ2) is 7.25. The number of rotatable bonds is 4. The van der Waals surface area contributed by atoms with Crippen molar-refractivity contribution in [3.05, 3.63) is 91.6 Å². The van der Waals surface area contributed by atoms with E-state index in [1.807, 2.05) is 49.2 Å². The summed E-state index contributed by atoms with van der Waals surface area (Å²) in [6.45, 7) is 4.77. The highest BCUT2D eigenvalue weighted by molar-refractivity contribution is 7.01. The molecule has 0 N–H and O–H groups in total. The van der Waals surface area contributed by atoms with E-state index in [-0.39, 0.29) is 0 Å². The lowest BCUT2D eigenvalue weighted by molar-refractivity contribution is 1.28. The van der Waals surface area contributed by atoms with Crippen LogP contribution in [0.15, 0.2) is 91.6 Å². The molecule has 0 bridgehead atoms. The molecule has 0 saturated heterocycles. The lowest BCUT2D eigenvalue weighted by atomic mass is 10.1. The minimum atomic E-state index is -2.03. The van der Waals surface area contributed by atoms with E-state index in [1.165, 1.54) is 21.5 Å². The zero-order chi connectivity index (χ0) is 18.7.